The number of aliphatic hydroxyl groups is 1. The Kier molecular flexibility index (Phi) is 5.99. The van der Waals surface area contributed by atoms with Crippen LogP contribution in [0, 0.1) is 0 Å². The van der Waals surface area contributed by atoms with Crippen molar-refractivity contribution in [3.8, 4) is 0 Å². The lowest BCUT2D eigenvalue weighted by atomic mass is 10.3. The Bertz CT molecular complexity index is 291. The molecule has 6 nitrogen and oxygen atoms in total. The van der Waals surface area contributed by atoms with Gasteiger partial charge in [0.2, 0.25) is 0 Å². The summed E-state index contributed by atoms with van der Waals surface area (Å²) >= 11 is 0. The molecule has 0 saturated carbocycles. The monoisotopic (exact) mass is 229 g/mol. The van der Waals surface area contributed by atoms with Gasteiger partial charge in [-0.25, -0.2) is 4.68 Å². The van der Waals surface area contributed by atoms with Crippen molar-refractivity contribution in [2.45, 2.75) is 26.0 Å². The van der Waals surface area contributed by atoms with E-state index >= 15 is 0 Å². The summed E-state index contributed by atoms with van der Waals surface area (Å²) in [4.78, 5) is 0. The van der Waals surface area contributed by atoms with E-state index in [9.17, 15) is 5.11 Å². The van der Waals surface area contributed by atoms with Crippen molar-refractivity contribution < 1.29 is 14.6 Å². The van der Waals surface area contributed by atoms with E-state index in [0.29, 0.717) is 18.9 Å². The first-order valence-electron chi connectivity index (χ1n) is 5.42. The van der Waals surface area contributed by atoms with E-state index in [0.717, 1.165) is 13.0 Å². The van der Waals surface area contributed by atoms with Gasteiger partial charge in [0.25, 0.3) is 0 Å². The van der Waals surface area contributed by atoms with Crippen LogP contribution in [0.3, 0.4) is 0 Å². The van der Waals surface area contributed by atoms with Gasteiger partial charge in [0.05, 0.1) is 31.7 Å². The van der Waals surface area contributed by atoms with Crippen LogP contribution in [0.2, 0.25) is 0 Å². The summed E-state index contributed by atoms with van der Waals surface area (Å²) in [5, 5.41) is 17.5. The van der Waals surface area contributed by atoms with Crippen molar-refractivity contribution in [1.82, 2.24) is 15.0 Å². The largest absolute Gasteiger partial charge is 0.384 e. The van der Waals surface area contributed by atoms with Gasteiger partial charge >= 0.3 is 0 Å². The lowest BCUT2D eigenvalue weighted by Crippen LogP contribution is -2.15. The quantitative estimate of drug-likeness (QED) is 0.653. The zero-order chi connectivity index (χ0) is 11.8. The second kappa shape index (κ2) is 7.32. The third-order valence-electron chi connectivity index (χ3n) is 2.13. The van der Waals surface area contributed by atoms with Crippen LogP contribution in [-0.4, -0.2) is 47.0 Å². The molecular weight excluding hydrogens is 210 g/mol. The molecule has 1 N–H and O–H groups in total. The molecule has 1 unspecified atom stereocenters. The third-order valence-corrected chi connectivity index (χ3v) is 2.13. The van der Waals surface area contributed by atoms with E-state index in [1.165, 1.54) is 0 Å². The average molecular weight is 229 g/mol. The minimum atomic E-state index is -0.682. The summed E-state index contributed by atoms with van der Waals surface area (Å²) in [5.41, 5.74) is 0.694. The molecule has 0 bridgehead atoms. The Hall–Kier alpha value is -0.980. The first-order chi connectivity index (χ1) is 7.79. The van der Waals surface area contributed by atoms with Gasteiger partial charge in [-0.05, 0) is 6.42 Å². The molecule has 0 aliphatic rings. The van der Waals surface area contributed by atoms with E-state index in [4.69, 9.17) is 9.47 Å². The number of aliphatic hydroxyl groups excluding tert-OH is 1. The van der Waals surface area contributed by atoms with Crippen molar-refractivity contribution in [2.24, 2.45) is 0 Å². The van der Waals surface area contributed by atoms with Crippen LogP contribution in [0.4, 0.5) is 0 Å². The lowest BCUT2D eigenvalue weighted by molar-refractivity contribution is 0.00934. The molecule has 0 aliphatic carbocycles. The molecule has 0 aliphatic heterocycles. The van der Waals surface area contributed by atoms with Crippen molar-refractivity contribution in [3.63, 3.8) is 0 Å². The smallest absolute Gasteiger partial charge is 0.120 e. The minimum Gasteiger partial charge on any atom is -0.384 e. The van der Waals surface area contributed by atoms with Crippen LogP contribution >= 0.6 is 0 Å². The zero-order valence-electron chi connectivity index (χ0n) is 9.80. The van der Waals surface area contributed by atoms with Crippen LogP contribution < -0.4 is 0 Å². The summed E-state index contributed by atoms with van der Waals surface area (Å²) in [5.74, 6) is 0. The molecule has 1 heterocycles. The first-order valence-corrected chi connectivity index (χ1v) is 5.42. The van der Waals surface area contributed by atoms with Crippen LogP contribution in [0.15, 0.2) is 6.20 Å². The van der Waals surface area contributed by atoms with E-state index in [2.05, 4.69) is 10.3 Å². The Morgan fingerprint density at radius 2 is 2.31 bits per heavy atom. The molecule has 1 aromatic heterocycles. The van der Waals surface area contributed by atoms with E-state index in [-0.39, 0.29) is 6.61 Å². The second-order valence-electron chi connectivity index (χ2n) is 3.47. The maximum atomic E-state index is 9.85. The van der Waals surface area contributed by atoms with Crippen LogP contribution in [0.1, 0.15) is 25.1 Å². The second-order valence-corrected chi connectivity index (χ2v) is 3.47. The standard InChI is InChI=1S/C10H19N3O3/c1-3-4-13-9(7-11-12-13)10(14)8-16-6-5-15-2/h7,10,14H,3-6,8H2,1-2H3. The van der Waals surface area contributed by atoms with Gasteiger partial charge in [-0.15, -0.1) is 5.10 Å². The van der Waals surface area contributed by atoms with Crippen LogP contribution in [0.25, 0.3) is 0 Å². The minimum absolute atomic E-state index is 0.237. The molecule has 0 aromatic carbocycles. The van der Waals surface area contributed by atoms with Gasteiger partial charge in [0.15, 0.2) is 0 Å². The van der Waals surface area contributed by atoms with Gasteiger partial charge in [0, 0.05) is 13.7 Å². The highest BCUT2D eigenvalue weighted by molar-refractivity contribution is 4.98. The molecule has 0 amide bonds. The fourth-order valence-electron chi connectivity index (χ4n) is 1.33. The van der Waals surface area contributed by atoms with Crippen LogP contribution in [0.5, 0.6) is 0 Å². The van der Waals surface area contributed by atoms with Gasteiger partial charge < -0.3 is 14.6 Å². The Balaban J connectivity index is 2.39. The summed E-state index contributed by atoms with van der Waals surface area (Å²) in [7, 11) is 1.61. The number of aryl methyl sites for hydroxylation is 1. The summed E-state index contributed by atoms with van der Waals surface area (Å²) in [6.07, 6.45) is 1.84. The number of rotatable bonds is 8. The van der Waals surface area contributed by atoms with Gasteiger partial charge in [-0.1, -0.05) is 12.1 Å². The molecule has 16 heavy (non-hydrogen) atoms. The number of aromatic nitrogens is 3. The van der Waals surface area contributed by atoms with E-state index < -0.39 is 6.10 Å². The van der Waals surface area contributed by atoms with Crippen molar-refractivity contribution >= 4 is 0 Å². The van der Waals surface area contributed by atoms with Crippen molar-refractivity contribution in [1.29, 1.82) is 0 Å². The lowest BCUT2D eigenvalue weighted by Gasteiger charge is -2.12. The molecule has 92 valence electrons. The summed E-state index contributed by atoms with van der Waals surface area (Å²) in [6.45, 7) is 4.04. The highest BCUT2D eigenvalue weighted by atomic mass is 16.5. The molecule has 1 atom stereocenters. The number of methoxy groups -OCH3 is 1. The zero-order valence-corrected chi connectivity index (χ0v) is 9.80. The van der Waals surface area contributed by atoms with E-state index in [1.54, 1.807) is 18.0 Å². The normalized spacial score (nSPS) is 12.9. The predicted octanol–water partition coefficient (Wildman–Crippen LogP) is 0.384. The number of hydrogen-bond donors (Lipinski definition) is 1. The third kappa shape index (κ3) is 3.88. The highest BCUT2D eigenvalue weighted by Crippen LogP contribution is 2.11. The molecule has 0 fully saturated rings. The van der Waals surface area contributed by atoms with Gasteiger partial charge in [-0.3, -0.25) is 0 Å². The molecule has 0 radical (unpaired) electrons. The molecule has 0 saturated heterocycles. The first kappa shape index (κ1) is 13.1. The number of hydrogen-bond acceptors (Lipinski definition) is 5. The fraction of sp³-hybridized carbons (Fsp3) is 0.800. The summed E-state index contributed by atoms with van der Waals surface area (Å²) < 4.78 is 11.8. The number of ether oxygens (including phenoxy) is 2. The highest BCUT2D eigenvalue weighted by Gasteiger charge is 2.13. The predicted molar refractivity (Wildman–Crippen MR) is 58.0 cm³/mol. The number of nitrogens with zero attached hydrogens (tertiary/aromatic N) is 3. The van der Waals surface area contributed by atoms with Gasteiger partial charge in [-0.2, -0.15) is 0 Å². The molecule has 6 heteroatoms. The van der Waals surface area contributed by atoms with Crippen molar-refractivity contribution in [2.75, 3.05) is 26.9 Å². The van der Waals surface area contributed by atoms with Gasteiger partial charge in [0.1, 0.15) is 6.10 Å². The molecule has 0 spiro atoms. The average Bonchev–Trinajstić information content (AvgIpc) is 2.73. The maximum absolute atomic E-state index is 9.85. The Morgan fingerprint density at radius 3 is 3.00 bits per heavy atom. The fourth-order valence-corrected chi connectivity index (χ4v) is 1.33. The Labute approximate surface area is 95.2 Å². The topological polar surface area (TPSA) is 69.4 Å². The van der Waals surface area contributed by atoms with E-state index in [1.807, 2.05) is 6.92 Å². The Morgan fingerprint density at radius 1 is 1.50 bits per heavy atom. The SMILES string of the molecule is CCCn1nncc1C(O)COCCOC. The maximum Gasteiger partial charge on any atom is 0.120 e. The van der Waals surface area contributed by atoms with Crippen molar-refractivity contribution in [3.05, 3.63) is 11.9 Å². The summed E-state index contributed by atoms with van der Waals surface area (Å²) in [6, 6.07) is 0. The van der Waals surface area contributed by atoms with Crippen LogP contribution in [-0.2, 0) is 16.0 Å². The molecule has 1 aromatic rings. The molecule has 1 rings (SSSR count). The molecular formula is C10H19N3O3.